The quantitative estimate of drug-likeness (QED) is 0.202. The summed E-state index contributed by atoms with van der Waals surface area (Å²) in [6, 6.07) is 5.54. The summed E-state index contributed by atoms with van der Waals surface area (Å²) in [5, 5.41) is 11.1. The molecule has 0 aliphatic carbocycles. The molecule has 0 aromatic heterocycles. The van der Waals surface area contributed by atoms with E-state index in [1.165, 1.54) is 7.11 Å². The van der Waals surface area contributed by atoms with Crippen molar-refractivity contribution in [3.05, 3.63) is 39.9 Å². The summed E-state index contributed by atoms with van der Waals surface area (Å²) < 4.78 is 9.81. The zero-order valence-electron chi connectivity index (χ0n) is 14.0. The number of Topliss-reactive ketones (excluding diaryl/α,β-unsaturated/α-hetero) is 1. The van der Waals surface area contributed by atoms with Gasteiger partial charge in [0, 0.05) is 23.3 Å². The third-order valence-electron chi connectivity index (χ3n) is 3.60. The van der Waals surface area contributed by atoms with E-state index in [1.54, 1.807) is 31.2 Å². The molecule has 1 atom stereocenters. The molecule has 0 aliphatic rings. The van der Waals surface area contributed by atoms with E-state index in [4.69, 9.17) is 9.47 Å². The molecule has 0 amide bonds. The highest BCUT2D eigenvalue weighted by molar-refractivity contribution is 5.96. The molecule has 132 valence electrons. The van der Waals surface area contributed by atoms with Crippen LogP contribution in [0.5, 0.6) is 5.75 Å². The topological polar surface area (TPSA) is 95.7 Å². The first-order chi connectivity index (χ1) is 11.5. The summed E-state index contributed by atoms with van der Waals surface area (Å²) >= 11 is 0. The van der Waals surface area contributed by atoms with Crippen molar-refractivity contribution in [1.82, 2.24) is 0 Å². The number of nitrogens with zero attached hydrogens (tertiary/aromatic N) is 1. The first-order valence-electron chi connectivity index (χ1n) is 7.94. The lowest BCUT2D eigenvalue weighted by Gasteiger charge is -2.09. The maximum atomic E-state index is 12.2. The number of methoxy groups -OCH3 is 1. The van der Waals surface area contributed by atoms with Gasteiger partial charge in [-0.25, -0.2) is 0 Å². The maximum Gasteiger partial charge on any atom is 0.305 e. The van der Waals surface area contributed by atoms with Gasteiger partial charge in [-0.2, -0.15) is 0 Å². The van der Waals surface area contributed by atoms with Crippen molar-refractivity contribution in [1.29, 1.82) is 0 Å². The van der Waals surface area contributed by atoms with Crippen LogP contribution in [0.4, 0.5) is 0 Å². The molecule has 1 unspecified atom stereocenters. The summed E-state index contributed by atoms with van der Waals surface area (Å²) in [6.45, 7) is 2.05. The van der Waals surface area contributed by atoms with Gasteiger partial charge in [-0.3, -0.25) is 19.7 Å². The monoisotopic (exact) mass is 337 g/mol. The van der Waals surface area contributed by atoms with Crippen LogP contribution in [0.1, 0.15) is 49.4 Å². The number of carbonyl (C=O) groups excluding carboxylic acids is 2. The molecule has 0 heterocycles. The van der Waals surface area contributed by atoms with Gasteiger partial charge in [-0.15, -0.1) is 0 Å². The molecule has 0 saturated carbocycles. The zero-order valence-corrected chi connectivity index (χ0v) is 14.0. The van der Waals surface area contributed by atoms with Gasteiger partial charge in [0.2, 0.25) is 6.04 Å². The molecule has 0 N–H and O–H groups in total. The third-order valence-corrected chi connectivity index (χ3v) is 3.60. The lowest BCUT2D eigenvalue weighted by Crippen LogP contribution is -2.23. The molecule has 1 rings (SSSR count). The second kappa shape index (κ2) is 10.4. The number of ether oxygens (including phenoxy) is 2. The SMILES string of the molecule is CCOC(=O)CCCCC(CC(=O)c1ccc(OC)cc1)[N+](=O)[O-]. The van der Waals surface area contributed by atoms with E-state index < -0.39 is 11.0 Å². The van der Waals surface area contributed by atoms with Crippen LogP contribution in [0.15, 0.2) is 24.3 Å². The highest BCUT2D eigenvalue weighted by Crippen LogP contribution is 2.16. The van der Waals surface area contributed by atoms with Gasteiger partial charge in [0.05, 0.1) is 20.1 Å². The predicted molar refractivity (Wildman–Crippen MR) is 87.8 cm³/mol. The molecule has 1 aromatic carbocycles. The van der Waals surface area contributed by atoms with E-state index in [2.05, 4.69) is 0 Å². The Morgan fingerprint density at radius 3 is 2.42 bits per heavy atom. The van der Waals surface area contributed by atoms with Crippen molar-refractivity contribution in [3.8, 4) is 5.75 Å². The Balaban J connectivity index is 2.48. The molecule has 0 bridgehead atoms. The van der Waals surface area contributed by atoms with Crippen LogP contribution < -0.4 is 4.74 Å². The fourth-order valence-electron chi connectivity index (χ4n) is 2.27. The lowest BCUT2D eigenvalue weighted by molar-refractivity contribution is -0.522. The molecule has 0 saturated heterocycles. The molecule has 0 spiro atoms. The second-order valence-electron chi connectivity index (χ2n) is 5.35. The number of hydrogen-bond donors (Lipinski definition) is 0. The highest BCUT2D eigenvalue weighted by Gasteiger charge is 2.24. The molecular formula is C17H23NO6. The Morgan fingerprint density at radius 1 is 1.21 bits per heavy atom. The van der Waals surface area contributed by atoms with Crippen molar-refractivity contribution < 1.29 is 24.0 Å². The Bertz CT molecular complexity index is 555. The van der Waals surface area contributed by atoms with Gasteiger partial charge in [0.1, 0.15) is 5.75 Å². The summed E-state index contributed by atoms with van der Waals surface area (Å²) in [6.07, 6.45) is 1.36. The van der Waals surface area contributed by atoms with E-state index >= 15 is 0 Å². The minimum absolute atomic E-state index is 0.154. The largest absolute Gasteiger partial charge is 0.497 e. The Morgan fingerprint density at radius 2 is 1.88 bits per heavy atom. The average molecular weight is 337 g/mol. The average Bonchev–Trinajstić information content (AvgIpc) is 2.57. The molecule has 0 radical (unpaired) electrons. The van der Waals surface area contributed by atoms with Crippen LogP contribution in [0.2, 0.25) is 0 Å². The van der Waals surface area contributed by atoms with E-state index in [0.29, 0.717) is 30.8 Å². The number of esters is 1. The van der Waals surface area contributed by atoms with E-state index in [0.717, 1.165) is 0 Å². The second-order valence-corrected chi connectivity index (χ2v) is 5.35. The standard InChI is InChI=1S/C17H23NO6/c1-3-24-17(20)7-5-4-6-14(18(21)22)12-16(19)13-8-10-15(23-2)11-9-13/h8-11,14H,3-7,12H2,1-2H3. The van der Waals surface area contributed by atoms with Crippen molar-refractivity contribution in [2.45, 2.75) is 45.1 Å². The first kappa shape index (κ1) is 19.6. The van der Waals surface area contributed by atoms with Crippen molar-refractivity contribution in [3.63, 3.8) is 0 Å². The maximum absolute atomic E-state index is 12.2. The molecule has 7 nitrogen and oxygen atoms in total. The Kier molecular flexibility index (Phi) is 8.46. The van der Waals surface area contributed by atoms with Gasteiger partial charge < -0.3 is 9.47 Å². The first-order valence-corrected chi connectivity index (χ1v) is 7.94. The zero-order chi connectivity index (χ0) is 17.9. The molecule has 24 heavy (non-hydrogen) atoms. The number of nitro groups is 1. The molecule has 0 aliphatic heterocycles. The predicted octanol–water partition coefficient (Wildman–Crippen LogP) is 3.04. The number of carbonyl (C=O) groups is 2. The fourth-order valence-corrected chi connectivity index (χ4v) is 2.27. The summed E-state index contributed by atoms with van der Waals surface area (Å²) in [5.74, 6) is 0.0468. The molecule has 0 fully saturated rings. The normalized spacial score (nSPS) is 11.6. The smallest absolute Gasteiger partial charge is 0.305 e. The lowest BCUT2D eigenvalue weighted by atomic mass is 9.99. The third kappa shape index (κ3) is 6.76. The molecule has 1 aromatic rings. The van der Waals surface area contributed by atoms with E-state index in [1.807, 2.05) is 0 Å². The van der Waals surface area contributed by atoms with Gasteiger partial charge in [0.25, 0.3) is 0 Å². The van der Waals surface area contributed by atoms with Crippen LogP contribution in [0.25, 0.3) is 0 Å². The number of hydrogen-bond acceptors (Lipinski definition) is 6. The summed E-state index contributed by atoms with van der Waals surface area (Å²) in [7, 11) is 1.52. The minimum Gasteiger partial charge on any atom is -0.497 e. The fraction of sp³-hybridized carbons (Fsp3) is 0.529. The summed E-state index contributed by atoms with van der Waals surface area (Å²) in [4.78, 5) is 34.1. The Labute approximate surface area is 141 Å². The van der Waals surface area contributed by atoms with Crippen LogP contribution in [0.3, 0.4) is 0 Å². The van der Waals surface area contributed by atoms with E-state index in [-0.39, 0.29) is 31.0 Å². The minimum atomic E-state index is -0.943. The van der Waals surface area contributed by atoms with Crippen LogP contribution >= 0.6 is 0 Å². The van der Waals surface area contributed by atoms with Gasteiger partial charge in [-0.1, -0.05) is 0 Å². The van der Waals surface area contributed by atoms with Crippen LogP contribution in [0, 0.1) is 10.1 Å². The van der Waals surface area contributed by atoms with Crippen LogP contribution in [-0.2, 0) is 9.53 Å². The van der Waals surface area contributed by atoms with Gasteiger partial charge >= 0.3 is 5.97 Å². The van der Waals surface area contributed by atoms with Gasteiger partial charge in [0.15, 0.2) is 5.78 Å². The number of benzene rings is 1. The highest BCUT2D eigenvalue weighted by atomic mass is 16.6. The van der Waals surface area contributed by atoms with Crippen molar-refractivity contribution in [2.75, 3.05) is 13.7 Å². The van der Waals surface area contributed by atoms with Crippen LogP contribution in [-0.4, -0.2) is 36.4 Å². The molecular weight excluding hydrogens is 314 g/mol. The number of unbranched alkanes of at least 4 members (excludes halogenated alkanes) is 1. The number of rotatable bonds is 11. The molecule has 7 heteroatoms. The van der Waals surface area contributed by atoms with Crippen molar-refractivity contribution >= 4 is 11.8 Å². The van der Waals surface area contributed by atoms with Crippen molar-refractivity contribution in [2.24, 2.45) is 0 Å². The Hall–Kier alpha value is -2.44. The van der Waals surface area contributed by atoms with Gasteiger partial charge in [-0.05, 0) is 44.0 Å². The van der Waals surface area contributed by atoms with E-state index in [9.17, 15) is 19.7 Å². The number of ketones is 1. The summed E-state index contributed by atoms with van der Waals surface area (Å²) in [5.41, 5.74) is 0.425.